The number of amides is 1. The monoisotopic (exact) mass is 377 g/mol. The van der Waals surface area contributed by atoms with Gasteiger partial charge in [-0.15, -0.1) is 0 Å². The molecule has 25 heavy (non-hydrogen) atoms. The maximum absolute atomic E-state index is 13.0. The lowest BCUT2D eigenvalue weighted by Gasteiger charge is -2.20. The number of carbonyl (C=O) groups is 1. The van der Waals surface area contributed by atoms with Crippen LogP contribution < -0.4 is 5.32 Å². The van der Waals surface area contributed by atoms with Crippen LogP contribution in [0.25, 0.3) is 0 Å². The molecule has 0 atom stereocenters. The predicted octanol–water partition coefficient (Wildman–Crippen LogP) is 4.52. The van der Waals surface area contributed by atoms with Crippen LogP contribution in [0.5, 0.6) is 0 Å². The summed E-state index contributed by atoms with van der Waals surface area (Å²) in [5, 5.41) is 6.34. The van der Waals surface area contributed by atoms with Gasteiger partial charge in [0, 0.05) is 24.9 Å². The smallest absolute Gasteiger partial charge is 0.356 e. The second-order valence-electron chi connectivity index (χ2n) is 7.02. The minimum absolute atomic E-state index is 0.0663. The van der Waals surface area contributed by atoms with E-state index in [-0.39, 0.29) is 22.8 Å². The topological polar surface area (TPSA) is 46.9 Å². The Bertz CT molecular complexity index is 619. The quantitative estimate of drug-likeness (QED) is 0.741. The number of aromatic nitrogens is 2. The van der Waals surface area contributed by atoms with Gasteiger partial charge >= 0.3 is 6.18 Å². The molecular weight excluding hydrogens is 355 g/mol. The summed E-state index contributed by atoms with van der Waals surface area (Å²) in [5.41, 5.74) is -0.505. The molecule has 1 aromatic heterocycles. The van der Waals surface area contributed by atoms with Crippen LogP contribution in [0.15, 0.2) is 0 Å². The second kappa shape index (κ2) is 7.56. The maximum atomic E-state index is 13.0. The molecule has 4 nitrogen and oxygen atoms in total. The highest BCUT2D eigenvalue weighted by molar-refractivity contribution is 6.32. The molecule has 1 heterocycles. The van der Waals surface area contributed by atoms with Gasteiger partial charge < -0.3 is 5.32 Å². The molecule has 3 rings (SSSR count). The summed E-state index contributed by atoms with van der Waals surface area (Å²) in [7, 11) is 0. The molecule has 1 aromatic rings. The summed E-state index contributed by atoms with van der Waals surface area (Å²) in [4.78, 5) is 12.1. The average molecular weight is 378 g/mol. The highest BCUT2D eigenvalue weighted by Crippen LogP contribution is 2.46. The molecule has 1 N–H and O–H groups in total. The average Bonchev–Trinajstić information content (AvgIpc) is 3.34. The van der Waals surface area contributed by atoms with Crippen molar-refractivity contribution in [2.24, 2.45) is 5.92 Å². The van der Waals surface area contributed by atoms with Crippen molar-refractivity contribution in [3.63, 3.8) is 0 Å². The Kier molecular flexibility index (Phi) is 5.61. The first-order chi connectivity index (χ1) is 11.9. The van der Waals surface area contributed by atoms with Crippen molar-refractivity contribution in [3.8, 4) is 0 Å². The zero-order chi connectivity index (χ0) is 18.0. The normalized spacial score (nSPS) is 19.2. The fourth-order valence-corrected chi connectivity index (χ4v) is 3.90. The first-order valence-corrected chi connectivity index (χ1v) is 9.37. The summed E-state index contributed by atoms with van der Waals surface area (Å²) < 4.78 is 40.4. The van der Waals surface area contributed by atoms with E-state index in [9.17, 15) is 18.0 Å². The molecule has 2 fully saturated rings. The first kappa shape index (κ1) is 18.5. The van der Waals surface area contributed by atoms with Crippen molar-refractivity contribution >= 4 is 17.5 Å². The molecule has 0 spiro atoms. The van der Waals surface area contributed by atoms with Crippen LogP contribution >= 0.6 is 11.6 Å². The Morgan fingerprint density at radius 1 is 1.20 bits per heavy atom. The Morgan fingerprint density at radius 2 is 1.88 bits per heavy atom. The molecule has 140 valence electrons. The molecular formula is C17H23ClF3N3O. The van der Waals surface area contributed by atoms with E-state index in [1.807, 2.05) is 0 Å². The number of nitrogens with zero attached hydrogens (tertiary/aromatic N) is 2. The minimum atomic E-state index is -4.54. The molecule has 1 amide bonds. The van der Waals surface area contributed by atoms with Gasteiger partial charge in [-0.05, 0) is 32.1 Å². The van der Waals surface area contributed by atoms with Crippen molar-refractivity contribution in [3.05, 3.63) is 16.4 Å². The number of hydrogen-bond acceptors (Lipinski definition) is 2. The number of alkyl halides is 3. The second-order valence-corrected chi connectivity index (χ2v) is 7.40. The van der Waals surface area contributed by atoms with Crippen LogP contribution in [0.4, 0.5) is 13.2 Å². The van der Waals surface area contributed by atoms with Crippen LogP contribution in [0, 0.1) is 5.92 Å². The van der Waals surface area contributed by atoms with Gasteiger partial charge in [-0.2, -0.15) is 18.3 Å². The number of carbonyl (C=O) groups excluding carboxylic acids is 1. The third-order valence-electron chi connectivity index (χ3n) is 4.99. The maximum Gasteiger partial charge on any atom is 0.436 e. The van der Waals surface area contributed by atoms with Gasteiger partial charge in [0.2, 0.25) is 5.91 Å². The summed E-state index contributed by atoms with van der Waals surface area (Å²) in [6, 6.07) is 0. The number of hydrogen-bond donors (Lipinski definition) is 1. The van der Waals surface area contributed by atoms with Crippen LogP contribution in [0.3, 0.4) is 0 Å². The van der Waals surface area contributed by atoms with Crippen LogP contribution in [0.2, 0.25) is 5.02 Å². The molecule has 0 saturated heterocycles. The lowest BCUT2D eigenvalue weighted by molar-refractivity contribution is -0.141. The van der Waals surface area contributed by atoms with Crippen molar-refractivity contribution in [2.75, 3.05) is 6.54 Å². The molecule has 2 saturated carbocycles. The highest BCUT2D eigenvalue weighted by Gasteiger charge is 2.41. The third kappa shape index (κ3) is 4.49. The van der Waals surface area contributed by atoms with E-state index < -0.39 is 11.9 Å². The Balaban J connectivity index is 1.55. The van der Waals surface area contributed by atoms with E-state index in [1.54, 1.807) is 0 Å². The van der Waals surface area contributed by atoms with Crippen LogP contribution in [0.1, 0.15) is 68.7 Å². The molecule has 0 bridgehead atoms. The van der Waals surface area contributed by atoms with E-state index in [1.165, 1.54) is 11.1 Å². The Labute approximate surface area is 150 Å². The number of rotatable bonds is 6. The molecule has 8 heteroatoms. The SMILES string of the molecule is O=C(NCCCn1nc(C(F)(F)F)c(Cl)c1C1CC1)C1CCCCC1. The summed E-state index contributed by atoms with van der Waals surface area (Å²) in [6.07, 6.45) is 2.93. The van der Waals surface area contributed by atoms with Crippen molar-refractivity contribution in [1.82, 2.24) is 15.1 Å². The Hall–Kier alpha value is -1.24. The molecule has 0 aromatic carbocycles. The fourth-order valence-electron chi connectivity index (χ4n) is 3.50. The van der Waals surface area contributed by atoms with Crippen LogP contribution in [-0.4, -0.2) is 22.2 Å². The molecule has 0 radical (unpaired) electrons. The summed E-state index contributed by atoms with van der Waals surface area (Å²) in [5.74, 6) is 0.233. The molecule has 2 aliphatic rings. The third-order valence-corrected chi connectivity index (χ3v) is 5.36. The van der Waals surface area contributed by atoms with Gasteiger partial charge in [-0.25, -0.2) is 0 Å². The predicted molar refractivity (Wildman–Crippen MR) is 88.4 cm³/mol. The number of halogens is 4. The first-order valence-electron chi connectivity index (χ1n) is 8.99. The van der Waals surface area contributed by atoms with E-state index in [0.717, 1.165) is 38.5 Å². The number of nitrogens with one attached hydrogen (secondary N) is 1. The standard InChI is InChI=1S/C17H23ClF3N3O/c18-13-14(11-7-8-11)24(23-15(13)17(19,20)21)10-4-9-22-16(25)12-5-2-1-3-6-12/h11-12H,1-10H2,(H,22,25). The van der Waals surface area contributed by atoms with Crippen molar-refractivity contribution < 1.29 is 18.0 Å². The zero-order valence-corrected chi connectivity index (χ0v) is 14.8. The Morgan fingerprint density at radius 3 is 2.48 bits per heavy atom. The van der Waals surface area contributed by atoms with Gasteiger partial charge in [0.05, 0.1) is 10.7 Å². The van der Waals surface area contributed by atoms with E-state index >= 15 is 0 Å². The lowest BCUT2D eigenvalue weighted by Crippen LogP contribution is -2.33. The zero-order valence-electron chi connectivity index (χ0n) is 14.0. The van der Waals surface area contributed by atoms with Gasteiger partial charge in [0.25, 0.3) is 0 Å². The van der Waals surface area contributed by atoms with Gasteiger partial charge in [0.1, 0.15) is 0 Å². The van der Waals surface area contributed by atoms with Gasteiger partial charge in [0.15, 0.2) is 5.69 Å². The van der Waals surface area contributed by atoms with Gasteiger partial charge in [-0.3, -0.25) is 9.48 Å². The van der Waals surface area contributed by atoms with E-state index in [4.69, 9.17) is 11.6 Å². The van der Waals surface area contributed by atoms with Crippen molar-refractivity contribution in [1.29, 1.82) is 0 Å². The summed E-state index contributed by atoms with van der Waals surface area (Å²) >= 11 is 5.94. The van der Waals surface area contributed by atoms with Crippen LogP contribution in [-0.2, 0) is 17.5 Å². The summed E-state index contributed by atoms with van der Waals surface area (Å²) in [6.45, 7) is 0.769. The number of aryl methyl sites for hydroxylation is 1. The molecule has 0 unspecified atom stereocenters. The van der Waals surface area contributed by atoms with Gasteiger partial charge in [-0.1, -0.05) is 30.9 Å². The molecule has 0 aliphatic heterocycles. The van der Waals surface area contributed by atoms with Crippen molar-refractivity contribution in [2.45, 2.75) is 70.0 Å². The van der Waals surface area contributed by atoms with E-state index in [0.29, 0.717) is 25.2 Å². The van der Waals surface area contributed by atoms with E-state index in [2.05, 4.69) is 10.4 Å². The lowest BCUT2D eigenvalue weighted by atomic mass is 9.89. The minimum Gasteiger partial charge on any atom is -0.356 e. The highest BCUT2D eigenvalue weighted by atomic mass is 35.5. The largest absolute Gasteiger partial charge is 0.436 e. The molecule has 2 aliphatic carbocycles. The fraction of sp³-hybridized carbons (Fsp3) is 0.765.